The first kappa shape index (κ1) is 23.6. The van der Waals surface area contributed by atoms with E-state index < -0.39 is 10.4 Å². The predicted octanol–water partition coefficient (Wildman–Crippen LogP) is 1.95. The van der Waals surface area contributed by atoms with Crippen LogP contribution < -0.4 is 0 Å². The molecule has 0 radical (unpaired) electrons. The molecule has 1 fully saturated rings. The Morgan fingerprint density at radius 1 is 1.04 bits per heavy atom. The van der Waals surface area contributed by atoms with Gasteiger partial charge in [-0.1, -0.05) is 0 Å². The van der Waals surface area contributed by atoms with Crippen molar-refractivity contribution in [2.75, 3.05) is 13.7 Å². The SMILES string of the molecule is COS(=O)(=O)OCCCC(=O)CCC(=O)CCC1CC(=O)CC(C(C)=O)C1. The van der Waals surface area contributed by atoms with Gasteiger partial charge in [0.25, 0.3) is 0 Å². The molecular formula is C18H28O8S. The Hall–Kier alpha value is -1.45. The van der Waals surface area contributed by atoms with Crippen LogP contribution in [-0.4, -0.2) is 45.3 Å². The van der Waals surface area contributed by atoms with Gasteiger partial charge >= 0.3 is 10.4 Å². The second kappa shape index (κ2) is 11.4. The Morgan fingerprint density at radius 3 is 2.26 bits per heavy atom. The molecule has 0 amide bonds. The fourth-order valence-electron chi connectivity index (χ4n) is 3.15. The molecule has 0 aromatic rings. The van der Waals surface area contributed by atoms with Gasteiger partial charge in [0, 0.05) is 44.4 Å². The normalized spacial score (nSPS) is 20.4. The van der Waals surface area contributed by atoms with Crippen LogP contribution >= 0.6 is 0 Å². The van der Waals surface area contributed by atoms with E-state index in [2.05, 4.69) is 8.37 Å². The summed E-state index contributed by atoms with van der Waals surface area (Å²) in [6.07, 6.45) is 2.83. The first-order valence-electron chi connectivity index (χ1n) is 9.13. The summed E-state index contributed by atoms with van der Waals surface area (Å²) in [5, 5.41) is 0. The third-order valence-corrected chi connectivity index (χ3v) is 5.59. The molecule has 1 rings (SSSR count). The molecule has 0 bridgehead atoms. The zero-order valence-corrected chi connectivity index (χ0v) is 16.7. The zero-order valence-electron chi connectivity index (χ0n) is 15.9. The number of hydrogen-bond acceptors (Lipinski definition) is 8. The summed E-state index contributed by atoms with van der Waals surface area (Å²) in [6.45, 7) is 1.34. The number of Topliss-reactive ketones (excluding diaryl/α,β-unsaturated/α-hetero) is 4. The first-order chi connectivity index (χ1) is 12.6. The van der Waals surface area contributed by atoms with E-state index in [4.69, 9.17) is 0 Å². The quantitative estimate of drug-likeness (QED) is 0.427. The second-order valence-corrected chi connectivity index (χ2v) is 8.36. The molecule has 9 heteroatoms. The molecule has 1 aliphatic carbocycles. The summed E-state index contributed by atoms with van der Waals surface area (Å²) in [5.74, 6) is -0.249. The van der Waals surface area contributed by atoms with Crippen molar-refractivity contribution >= 4 is 33.5 Å². The van der Waals surface area contributed by atoms with Crippen LogP contribution in [0.3, 0.4) is 0 Å². The molecule has 0 aromatic carbocycles. The van der Waals surface area contributed by atoms with Crippen molar-refractivity contribution in [3.8, 4) is 0 Å². The molecule has 0 heterocycles. The maximum atomic E-state index is 12.0. The zero-order chi connectivity index (χ0) is 20.4. The van der Waals surface area contributed by atoms with Crippen LogP contribution in [0.2, 0.25) is 0 Å². The van der Waals surface area contributed by atoms with E-state index in [1.165, 1.54) is 6.92 Å². The van der Waals surface area contributed by atoms with Gasteiger partial charge in [-0.2, -0.15) is 8.42 Å². The summed E-state index contributed by atoms with van der Waals surface area (Å²) >= 11 is 0. The highest BCUT2D eigenvalue weighted by molar-refractivity contribution is 7.81. The van der Waals surface area contributed by atoms with Gasteiger partial charge in [-0.25, -0.2) is 4.18 Å². The molecule has 2 atom stereocenters. The van der Waals surface area contributed by atoms with E-state index in [0.29, 0.717) is 32.1 Å². The Labute approximate surface area is 160 Å². The second-order valence-electron chi connectivity index (χ2n) is 6.97. The molecule has 0 aliphatic heterocycles. The highest BCUT2D eigenvalue weighted by atomic mass is 32.3. The maximum absolute atomic E-state index is 12.0. The van der Waals surface area contributed by atoms with E-state index in [-0.39, 0.29) is 67.3 Å². The van der Waals surface area contributed by atoms with E-state index in [0.717, 1.165) is 7.11 Å². The molecule has 1 aliphatic rings. The van der Waals surface area contributed by atoms with Gasteiger partial charge in [-0.3, -0.25) is 23.4 Å². The molecule has 0 aromatic heterocycles. The molecule has 154 valence electrons. The van der Waals surface area contributed by atoms with E-state index >= 15 is 0 Å². The number of carbonyl (C=O) groups is 4. The number of hydrogen-bond donors (Lipinski definition) is 0. The lowest BCUT2D eigenvalue weighted by Crippen LogP contribution is -2.27. The number of carbonyl (C=O) groups excluding carboxylic acids is 4. The lowest BCUT2D eigenvalue weighted by Gasteiger charge is -2.26. The average molecular weight is 404 g/mol. The van der Waals surface area contributed by atoms with Gasteiger partial charge in [-0.15, -0.1) is 0 Å². The van der Waals surface area contributed by atoms with Crippen LogP contribution in [0.1, 0.15) is 64.7 Å². The summed E-state index contributed by atoms with van der Waals surface area (Å²) in [5.41, 5.74) is 0. The van der Waals surface area contributed by atoms with Gasteiger partial charge in [-0.05, 0) is 32.1 Å². The van der Waals surface area contributed by atoms with E-state index in [1.807, 2.05) is 0 Å². The fourth-order valence-corrected chi connectivity index (χ4v) is 3.57. The van der Waals surface area contributed by atoms with E-state index in [1.54, 1.807) is 0 Å². The molecule has 0 saturated heterocycles. The van der Waals surface area contributed by atoms with Gasteiger partial charge in [0.2, 0.25) is 0 Å². The minimum absolute atomic E-state index is 0.0206. The van der Waals surface area contributed by atoms with E-state index in [9.17, 15) is 27.6 Å². The molecule has 0 spiro atoms. The highest BCUT2D eigenvalue weighted by Crippen LogP contribution is 2.30. The molecular weight excluding hydrogens is 376 g/mol. The Morgan fingerprint density at radius 2 is 1.67 bits per heavy atom. The van der Waals surface area contributed by atoms with Crippen LogP contribution in [0.5, 0.6) is 0 Å². The van der Waals surface area contributed by atoms with Crippen LogP contribution in [0.4, 0.5) is 0 Å². The molecule has 1 saturated carbocycles. The van der Waals surface area contributed by atoms with Gasteiger partial charge in [0.1, 0.15) is 23.1 Å². The minimum Gasteiger partial charge on any atom is -0.300 e. The van der Waals surface area contributed by atoms with Crippen molar-refractivity contribution in [3.63, 3.8) is 0 Å². The lowest BCUT2D eigenvalue weighted by atomic mass is 9.77. The van der Waals surface area contributed by atoms with Gasteiger partial charge in [0.05, 0.1) is 13.7 Å². The topological polar surface area (TPSA) is 121 Å². The maximum Gasteiger partial charge on any atom is 0.399 e. The monoisotopic (exact) mass is 404 g/mol. The van der Waals surface area contributed by atoms with Crippen molar-refractivity contribution in [2.24, 2.45) is 11.8 Å². The van der Waals surface area contributed by atoms with Crippen molar-refractivity contribution in [1.29, 1.82) is 0 Å². The Kier molecular flexibility index (Phi) is 9.97. The highest BCUT2D eigenvalue weighted by Gasteiger charge is 2.29. The smallest absolute Gasteiger partial charge is 0.300 e. The van der Waals surface area contributed by atoms with Crippen LogP contribution in [0.25, 0.3) is 0 Å². The fraction of sp³-hybridized carbons (Fsp3) is 0.778. The van der Waals surface area contributed by atoms with Gasteiger partial charge < -0.3 is 0 Å². The Balaban J connectivity index is 2.20. The lowest BCUT2D eigenvalue weighted by molar-refractivity contribution is -0.130. The average Bonchev–Trinajstić information content (AvgIpc) is 2.61. The molecule has 8 nitrogen and oxygen atoms in total. The molecule has 27 heavy (non-hydrogen) atoms. The standard InChI is InChI=1S/C18H28O8S/c1-13(19)15-10-14(11-18(22)12-15)5-6-17(21)8-7-16(20)4-3-9-26-27(23,24)25-2/h14-15H,3-12H2,1-2H3. The predicted molar refractivity (Wildman–Crippen MR) is 96.1 cm³/mol. The Bertz CT molecular complexity index is 652. The van der Waals surface area contributed by atoms with Crippen LogP contribution in [-0.2, 0) is 37.9 Å². The number of ketones is 4. The van der Waals surface area contributed by atoms with Crippen molar-refractivity contribution < 1.29 is 36.0 Å². The largest absolute Gasteiger partial charge is 0.399 e. The third kappa shape index (κ3) is 9.88. The minimum atomic E-state index is -3.99. The van der Waals surface area contributed by atoms with Crippen molar-refractivity contribution in [3.05, 3.63) is 0 Å². The molecule has 2 unspecified atom stereocenters. The van der Waals surface area contributed by atoms with Crippen LogP contribution in [0.15, 0.2) is 0 Å². The summed E-state index contributed by atoms with van der Waals surface area (Å²) in [6, 6.07) is 0. The summed E-state index contributed by atoms with van der Waals surface area (Å²) in [7, 11) is -3.00. The first-order valence-corrected chi connectivity index (χ1v) is 10.5. The number of rotatable bonds is 13. The van der Waals surface area contributed by atoms with Crippen molar-refractivity contribution in [2.45, 2.75) is 64.7 Å². The molecule has 0 N–H and O–H groups in total. The summed E-state index contributed by atoms with van der Waals surface area (Å²) in [4.78, 5) is 46.9. The third-order valence-electron chi connectivity index (χ3n) is 4.73. The van der Waals surface area contributed by atoms with Crippen LogP contribution in [0, 0.1) is 11.8 Å². The van der Waals surface area contributed by atoms with Crippen molar-refractivity contribution in [1.82, 2.24) is 0 Å². The van der Waals surface area contributed by atoms with Gasteiger partial charge in [0.15, 0.2) is 0 Å². The summed E-state index contributed by atoms with van der Waals surface area (Å²) < 4.78 is 30.4.